The first-order valence-electron chi connectivity index (χ1n) is 7.84. The van der Waals surface area contributed by atoms with Gasteiger partial charge in [0.25, 0.3) is 0 Å². The number of hydrogen-bond donors (Lipinski definition) is 2. The van der Waals surface area contributed by atoms with Crippen LogP contribution in [-0.2, 0) is 0 Å². The molecule has 0 fully saturated rings. The average molecular weight is 332 g/mol. The van der Waals surface area contributed by atoms with E-state index in [-0.39, 0.29) is 0 Å². The third-order valence-corrected chi connectivity index (χ3v) is 3.62. The highest BCUT2D eigenvalue weighted by atomic mass is 16.5. The molecule has 0 saturated carbocycles. The summed E-state index contributed by atoms with van der Waals surface area (Å²) in [5, 5.41) is 11.3. The Morgan fingerprint density at radius 2 is 1.80 bits per heavy atom. The van der Waals surface area contributed by atoms with E-state index in [1.54, 1.807) is 12.3 Å². The first kappa shape index (κ1) is 15.1. The zero-order valence-corrected chi connectivity index (χ0v) is 13.8. The van der Waals surface area contributed by atoms with Crippen LogP contribution in [0.2, 0.25) is 0 Å². The number of aryl methyl sites for hydroxylation is 2. The Morgan fingerprint density at radius 3 is 2.64 bits per heavy atom. The summed E-state index contributed by atoms with van der Waals surface area (Å²) < 4.78 is 5.06. The molecule has 2 N–H and O–H groups in total. The number of pyridine rings is 1. The Bertz CT molecular complexity index is 1040. The Morgan fingerprint density at radius 1 is 0.920 bits per heavy atom. The molecule has 0 unspecified atom stereocenters. The molecule has 25 heavy (non-hydrogen) atoms. The predicted molar refractivity (Wildman–Crippen MR) is 96.3 cm³/mol. The van der Waals surface area contributed by atoms with Gasteiger partial charge in [-0.15, -0.1) is 0 Å². The summed E-state index contributed by atoms with van der Waals surface area (Å²) in [6, 6.07) is 13.5. The van der Waals surface area contributed by atoms with Gasteiger partial charge >= 0.3 is 0 Å². The number of fused-ring (bicyclic) bond motifs is 1. The molecule has 0 aliphatic rings. The van der Waals surface area contributed by atoms with Gasteiger partial charge in [-0.3, -0.25) is 4.98 Å². The van der Waals surface area contributed by atoms with E-state index in [2.05, 4.69) is 30.7 Å². The number of nitrogens with zero attached hydrogens (tertiary/aromatic N) is 4. The maximum Gasteiger partial charge on any atom is 0.229 e. The van der Waals surface area contributed by atoms with Crippen LogP contribution in [0.4, 0.5) is 23.3 Å². The summed E-state index contributed by atoms with van der Waals surface area (Å²) in [6.07, 6.45) is 1.77. The molecule has 0 saturated heterocycles. The molecule has 4 rings (SSSR count). The molecule has 0 spiro atoms. The first-order chi connectivity index (χ1) is 12.2. The van der Waals surface area contributed by atoms with Crippen molar-refractivity contribution in [2.24, 2.45) is 0 Å². The summed E-state index contributed by atoms with van der Waals surface area (Å²) in [6.45, 7) is 3.75. The van der Waals surface area contributed by atoms with E-state index < -0.39 is 0 Å². The van der Waals surface area contributed by atoms with Crippen molar-refractivity contribution in [3.8, 4) is 0 Å². The summed E-state index contributed by atoms with van der Waals surface area (Å²) in [4.78, 5) is 13.4. The van der Waals surface area contributed by atoms with E-state index in [1.807, 2.05) is 50.2 Å². The van der Waals surface area contributed by atoms with Gasteiger partial charge < -0.3 is 15.2 Å². The van der Waals surface area contributed by atoms with Crippen LogP contribution in [0.5, 0.6) is 0 Å². The lowest BCUT2D eigenvalue weighted by Crippen LogP contribution is -2.03. The minimum Gasteiger partial charge on any atom is -0.360 e. The highest BCUT2D eigenvalue weighted by Gasteiger charge is 2.08. The molecular formula is C18H16N6O. The number of hydrogen-bond acceptors (Lipinski definition) is 7. The Balaban J connectivity index is 1.66. The highest BCUT2D eigenvalue weighted by Crippen LogP contribution is 2.24. The van der Waals surface area contributed by atoms with Crippen LogP contribution in [0.25, 0.3) is 10.9 Å². The third-order valence-electron chi connectivity index (χ3n) is 3.62. The Kier molecular flexibility index (Phi) is 3.74. The van der Waals surface area contributed by atoms with Crippen LogP contribution in [0.3, 0.4) is 0 Å². The molecule has 0 amide bonds. The molecule has 3 heterocycles. The fourth-order valence-electron chi connectivity index (χ4n) is 2.57. The minimum absolute atomic E-state index is 0.487. The van der Waals surface area contributed by atoms with Crippen molar-refractivity contribution in [1.82, 2.24) is 20.1 Å². The molecule has 0 bridgehead atoms. The standard InChI is InChI=1S/C18H16N6O/c1-11-9-15(22-16-10-12(2)25-24-16)23-18(20-11)21-14-7-3-5-13-6-4-8-19-17(13)14/h3-10H,1-2H3,(H2,20,21,22,23,24). The fourth-order valence-corrected chi connectivity index (χ4v) is 2.57. The quantitative estimate of drug-likeness (QED) is 0.581. The number of nitrogens with one attached hydrogen (secondary N) is 2. The number of anilines is 4. The monoisotopic (exact) mass is 332 g/mol. The molecule has 0 atom stereocenters. The Labute approximate surface area is 144 Å². The van der Waals surface area contributed by atoms with Gasteiger partial charge in [0.2, 0.25) is 5.95 Å². The molecule has 7 nitrogen and oxygen atoms in total. The van der Waals surface area contributed by atoms with Crippen LogP contribution in [0, 0.1) is 13.8 Å². The van der Waals surface area contributed by atoms with Crippen LogP contribution in [0.1, 0.15) is 11.5 Å². The lowest BCUT2D eigenvalue weighted by atomic mass is 10.2. The van der Waals surface area contributed by atoms with Crippen molar-refractivity contribution in [3.05, 3.63) is 60.1 Å². The zero-order valence-electron chi connectivity index (χ0n) is 13.8. The minimum atomic E-state index is 0.487. The molecule has 0 aliphatic heterocycles. The normalized spacial score (nSPS) is 10.8. The zero-order chi connectivity index (χ0) is 17.2. The number of benzene rings is 1. The van der Waals surface area contributed by atoms with Gasteiger partial charge in [-0.05, 0) is 26.0 Å². The smallest absolute Gasteiger partial charge is 0.229 e. The van der Waals surface area contributed by atoms with Gasteiger partial charge in [0.05, 0.1) is 11.2 Å². The molecule has 124 valence electrons. The van der Waals surface area contributed by atoms with Crippen molar-refractivity contribution < 1.29 is 4.52 Å². The van der Waals surface area contributed by atoms with Crippen molar-refractivity contribution in [1.29, 1.82) is 0 Å². The van der Waals surface area contributed by atoms with Gasteiger partial charge in [0.1, 0.15) is 11.6 Å². The summed E-state index contributed by atoms with van der Waals surface area (Å²) in [7, 11) is 0. The van der Waals surface area contributed by atoms with E-state index in [4.69, 9.17) is 4.52 Å². The van der Waals surface area contributed by atoms with Crippen molar-refractivity contribution in [3.63, 3.8) is 0 Å². The van der Waals surface area contributed by atoms with Gasteiger partial charge in [-0.25, -0.2) is 4.98 Å². The maximum absolute atomic E-state index is 5.06. The van der Waals surface area contributed by atoms with E-state index in [0.29, 0.717) is 17.6 Å². The van der Waals surface area contributed by atoms with Gasteiger partial charge in [-0.1, -0.05) is 23.4 Å². The largest absolute Gasteiger partial charge is 0.360 e. The SMILES string of the molecule is Cc1cc(Nc2cc(C)on2)nc(Nc2cccc3cccnc23)n1. The number of aromatic nitrogens is 4. The molecule has 7 heteroatoms. The molecule has 4 aromatic rings. The van der Waals surface area contributed by atoms with E-state index >= 15 is 0 Å². The second-order valence-electron chi connectivity index (χ2n) is 5.67. The van der Waals surface area contributed by atoms with Gasteiger partial charge in [0.15, 0.2) is 5.82 Å². The number of para-hydroxylation sites is 1. The molecule has 1 aromatic carbocycles. The lowest BCUT2D eigenvalue weighted by molar-refractivity contribution is 0.400. The predicted octanol–water partition coefficient (Wildman–Crippen LogP) is 4.12. The second kappa shape index (κ2) is 6.20. The average Bonchev–Trinajstić information content (AvgIpc) is 2.99. The summed E-state index contributed by atoms with van der Waals surface area (Å²) >= 11 is 0. The van der Waals surface area contributed by atoms with Crippen LogP contribution in [0.15, 0.2) is 53.2 Å². The molecular weight excluding hydrogens is 316 g/mol. The highest BCUT2D eigenvalue weighted by molar-refractivity contribution is 5.91. The maximum atomic E-state index is 5.06. The topological polar surface area (TPSA) is 88.8 Å². The summed E-state index contributed by atoms with van der Waals surface area (Å²) in [5.74, 6) is 2.46. The van der Waals surface area contributed by atoms with E-state index in [9.17, 15) is 0 Å². The lowest BCUT2D eigenvalue weighted by Gasteiger charge is -2.10. The van der Waals surface area contributed by atoms with Gasteiger partial charge in [0, 0.05) is 29.4 Å². The van der Waals surface area contributed by atoms with Crippen LogP contribution >= 0.6 is 0 Å². The van der Waals surface area contributed by atoms with E-state index in [1.165, 1.54) is 0 Å². The molecule has 3 aromatic heterocycles. The third kappa shape index (κ3) is 3.25. The Hall–Kier alpha value is -3.48. The summed E-state index contributed by atoms with van der Waals surface area (Å²) in [5.41, 5.74) is 2.55. The van der Waals surface area contributed by atoms with Crippen molar-refractivity contribution >= 4 is 34.2 Å². The van der Waals surface area contributed by atoms with Crippen LogP contribution in [-0.4, -0.2) is 20.1 Å². The first-order valence-corrected chi connectivity index (χ1v) is 7.84. The van der Waals surface area contributed by atoms with Gasteiger partial charge in [-0.2, -0.15) is 4.98 Å². The van der Waals surface area contributed by atoms with Crippen LogP contribution < -0.4 is 10.6 Å². The van der Waals surface area contributed by atoms with Crippen molar-refractivity contribution in [2.45, 2.75) is 13.8 Å². The van der Waals surface area contributed by atoms with E-state index in [0.717, 1.165) is 28.0 Å². The molecule has 0 radical (unpaired) electrons. The molecule has 0 aliphatic carbocycles. The van der Waals surface area contributed by atoms with Crippen molar-refractivity contribution in [2.75, 3.05) is 10.6 Å². The fraction of sp³-hybridized carbons (Fsp3) is 0.111. The second-order valence-corrected chi connectivity index (χ2v) is 5.67. The number of rotatable bonds is 4.